The van der Waals surface area contributed by atoms with Gasteiger partial charge in [-0.3, -0.25) is 4.79 Å². The molecule has 1 aliphatic heterocycles. The van der Waals surface area contributed by atoms with Crippen molar-refractivity contribution >= 4 is 28.8 Å². The van der Waals surface area contributed by atoms with E-state index in [4.69, 9.17) is 28.1 Å². The molecule has 8 nitrogen and oxygen atoms in total. The number of rotatable bonds is 7. The number of fused-ring (bicyclic) bond motifs is 2. The summed E-state index contributed by atoms with van der Waals surface area (Å²) in [5, 5.41) is 0.596. The van der Waals surface area contributed by atoms with Gasteiger partial charge < -0.3 is 28.1 Å². The quantitative estimate of drug-likeness (QED) is 0.173. The van der Waals surface area contributed by atoms with Crippen LogP contribution in [0.25, 0.3) is 17.0 Å². The zero-order valence-electron chi connectivity index (χ0n) is 20.7. The normalized spacial score (nSPS) is 13.4. The van der Waals surface area contributed by atoms with Crippen molar-refractivity contribution < 1.29 is 37.7 Å². The van der Waals surface area contributed by atoms with E-state index in [1.54, 1.807) is 75.8 Å². The molecule has 0 fully saturated rings. The number of allylic oxidation sites excluding steroid dienone is 1. The SMILES string of the molecule is CCOc1ccc2oc(C)c(C(=O)Oc3ccc4c(c3)OC(=Cc3cc(OC)ccc3OC)C4=O)c2c1. The highest BCUT2D eigenvalue weighted by atomic mass is 16.5. The third-order valence-electron chi connectivity index (χ3n) is 5.93. The van der Waals surface area contributed by atoms with Crippen molar-refractivity contribution in [2.75, 3.05) is 20.8 Å². The molecular formula is C29H24O8. The molecule has 0 spiro atoms. The van der Waals surface area contributed by atoms with E-state index in [2.05, 4.69) is 0 Å². The first-order chi connectivity index (χ1) is 17.9. The van der Waals surface area contributed by atoms with Gasteiger partial charge in [-0.05, 0) is 68.5 Å². The number of Topliss-reactive ketones (excluding diaryl/α,β-unsaturated/α-hetero) is 1. The lowest BCUT2D eigenvalue weighted by Gasteiger charge is -2.08. The van der Waals surface area contributed by atoms with Gasteiger partial charge in [0.05, 0.1) is 26.4 Å². The fourth-order valence-electron chi connectivity index (χ4n) is 4.19. The summed E-state index contributed by atoms with van der Waals surface area (Å²) >= 11 is 0. The van der Waals surface area contributed by atoms with Crippen LogP contribution in [-0.2, 0) is 0 Å². The van der Waals surface area contributed by atoms with Crippen molar-refractivity contribution in [3.05, 3.63) is 82.8 Å². The first-order valence-electron chi connectivity index (χ1n) is 11.6. The molecule has 3 aromatic carbocycles. The first-order valence-corrected chi connectivity index (χ1v) is 11.6. The summed E-state index contributed by atoms with van der Waals surface area (Å²) in [6.07, 6.45) is 1.59. The molecule has 1 aliphatic rings. The minimum absolute atomic E-state index is 0.116. The number of carbonyl (C=O) groups excluding carboxylic acids is 2. The van der Waals surface area contributed by atoms with Crippen LogP contribution in [0.15, 0.2) is 64.8 Å². The maximum Gasteiger partial charge on any atom is 0.347 e. The van der Waals surface area contributed by atoms with E-state index in [1.807, 2.05) is 6.92 Å². The molecule has 0 bridgehead atoms. The Balaban J connectivity index is 1.41. The van der Waals surface area contributed by atoms with Gasteiger partial charge in [0.1, 0.15) is 45.7 Å². The predicted molar refractivity (Wildman–Crippen MR) is 136 cm³/mol. The van der Waals surface area contributed by atoms with Gasteiger partial charge in [-0.25, -0.2) is 4.79 Å². The number of methoxy groups -OCH3 is 2. The minimum Gasteiger partial charge on any atom is -0.497 e. The number of aryl methyl sites for hydroxylation is 1. The van der Waals surface area contributed by atoms with E-state index in [-0.39, 0.29) is 23.0 Å². The Morgan fingerprint density at radius 3 is 2.49 bits per heavy atom. The Bertz CT molecular complexity index is 1560. The number of furan rings is 1. The van der Waals surface area contributed by atoms with Crippen LogP contribution in [0.1, 0.15) is 39.0 Å². The summed E-state index contributed by atoms with van der Waals surface area (Å²) in [7, 11) is 3.10. The largest absolute Gasteiger partial charge is 0.497 e. The van der Waals surface area contributed by atoms with Crippen molar-refractivity contribution in [1.82, 2.24) is 0 Å². The van der Waals surface area contributed by atoms with Crippen LogP contribution in [0.5, 0.6) is 28.7 Å². The fraction of sp³-hybridized carbons (Fsp3) is 0.172. The highest BCUT2D eigenvalue weighted by molar-refractivity contribution is 6.14. The predicted octanol–water partition coefficient (Wildman–Crippen LogP) is 5.99. The number of hydrogen-bond donors (Lipinski definition) is 0. The molecule has 0 radical (unpaired) electrons. The fourth-order valence-corrected chi connectivity index (χ4v) is 4.19. The molecule has 0 amide bonds. The van der Waals surface area contributed by atoms with Crippen LogP contribution in [0.4, 0.5) is 0 Å². The first kappa shape index (κ1) is 24.0. The van der Waals surface area contributed by atoms with E-state index >= 15 is 0 Å². The third-order valence-corrected chi connectivity index (χ3v) is 5.93. The lowest BCUT2D eigenvalue weighted by Crippen LogP contribution is -2.09. The Morgan fingerprint density at radius 2 is 1.73 bits per heavy atom. The van der Waals surface area contributed by atoms with Gasteiger partial charge in [0.25, 0.3) is 0 Å². The molecule has 188 valence electrons. The average Bonchev–Trinajstić information content (AvgIpc) is 3.38. The molecule has 0 N–H and O–H groups in total. The summed E-state index contributed by atoms with van der Waals surface area (Å²) in [5.41, 5.74) is 1.84. The number of ether oxygens (including phenoxy) is 5. The highest BCUT2D eigenvalue weighted by Crippen LogP contribution is 2.37. The van der Waals surface area contributed by atoms with Crippen molar-refractivity contribution in [3.63, 3.8) is 0 Å². The Labute approximate surface area is 213 Å². The zero-order valence-corrected chi connectivity index (χ0v) is 20.7. The van der Waals surface area contributed by atoms with E-state index < -0.39 is 5.97 Å². The molecule has 37 heavy (non-hydrogen) atoms. The zero-order chi connectivity index (χ0) is 26.1. The van der Waals surface area contributed by atoms with Crippen molar-refractivity contribution in [2.45, 2.75) is 13.8 Å². The van der Waals surface area contributed by atoms with E-state index in [0.29, 0.717) is 57.3 Å². The maximum absolute atomic E-state index is 13.1. The Kier molecular flexibility index (Phi) is 6.31. The maximum atomic E-state index is 13.1. The van der Waals surface area contributed by atoms with E-state index in [0.717, 1.165) is 0 Å². The van der Waals surface area contributed by atoms with Crippen LogP contribution >= 0.6 is 0 Å². The second-order valence-electron chi connectivity index (χ2n) is 8.22. The minimum atomic E-state index is -0.592. The van der Waals surface area contributed by atoms with Crippen LogP contribution < -0.4 is 23.7 Å². The molecule has 2 heterocycles. The molecule has 0 aliphatic carbocycles. The lowest BCUT2D eigenvalue weighted by molar-refractivity contribution is 0.0734. The lowest BCUT2D eigenvalue weighted by atomic mass is 10.1. The van der Waals surface area contributed by atoms with Crippen LogP contribution in [-0.4, -0.2) is 32.6 Å². The summed E-state index contributed by atoms with van der Waals surface area (Å²) in [4.78, 5) is 26.1. The molecule has 0 saturated carbocycles. The molecule has 4 aromatic rings. The van der Waals surface area contributed by atoms with Crippen molar-refractivity contribution in [2.24, 2.45) is 0 Å². The second-order valence-corrected chi connectivity index (χ2v) is 8.22. The topological polar surface area (TPSA) is 93.4 Å². The average molecular weight is 501 g/mol. The molecular weight excluding hydrogens is 476 g/mol. The van der Waals surface area contributed by atoms with Crippen LogP contribution in [0.2, 0.25) is 0 Å². The smallest absolute Gasteiger partial charge is 0.347 e. The van der Waals surface area contributed by atoms with Gasteiger partial charge in [0.2, 0.25) is 5.78 Å². The third kappa shape index (κ3) is 4.49. The van der Waals surface area contributed by atoms with Gasteiger partial charge in [0.15, 0.2) is 5.76 Å². The van der Waals surface area contributed by atoms with E-state index in [1.165, 1.54) is 6.07 Å². The van der Waals surface area contributed by atoms with Crippen LogP contribution in [0.3, 0.4) is 0 Å². The van der Waals surface area contributed by atoms with Crippen molar-refractivity contribution in [1.29, 1.82) is 0 Å². The number of carbonyl (C=O) groups is 2. The van der Waals surface area contributed by atoms with Gasteiger partial charge in [0, 0.05) is 17.0 Å². The van der Waals surface area contributed by atoms with Gasteiger partial charge in [-0.2, -0.15) is 0 Å². The number of esters is 1. The molecule has 0 saturated heterocycles. The van der Waals surface area contributed by atoms with Gasteiger partial charge in [-0.1, -0.05) is 0 Å². The number of ketones is 1. The molecule has 8 heteroatoms. The summed E-state index contributed by atoms with van der Waals surface area (Å²) in [6.45, 7) is 4.08. The molecule has 0 unspecified atom stereocenters. The summed E-state index contributed by atoms with van der Waals surface area (Å²) in [5.74, 6) is 1.97. The molecule has 5 rings (SSSR count). The van der Waals surface area contributed by atoms with Gasteiger partial charge in [-0.15, -0.1) is 0 Å². The van der Waals surface area contributed by atoms with Crippen molar-refractivity contribution in [3.8, 4) is 28.7 Å². The Morgan fingerprint density at radius 1 is 0.946 bits per heavy atom. The monoisotopic (exact) mass is 500 g/mol. The molecule has 0 atom stereocenters. The number of hydrogen-bond acceptors (Lipinski definition) is 8. The second kappa shape index (κ2) is 9.73. The number of benzene rings is 3. The highest BCUT2D eigenvalue weighted by Gasteiger charge is 2.29. The summed E-state index contributed by atoms with van der Waals surface area (Å²) < 4.78 is 33.4. The van der Waals surface area contributed by atoms with Gasteiger partial charge >= 0.3 is 5.97 Å². The van der Waals surface area contributed by atoms with E-state index in [9.17, 15) is 9.59 Å². The summed E-state index contributed by atoms with van der Waals surface area (Å²) in [6, 6.07) is 15.2. The Hall–Kier alpha value is -4.72. The molecule has 1 aromatic heterocycles. The van der Waals surface area contributed by atoms with Crippen LogP contribution in [0, 0.1) is 6.92 Å². The standard InChI is InChI=1S/C29H24O8/c1-5-34-19-8-11-24-22(14-19)27(16(2)35-24)29(31)36-20-6-9-21-25(15-20)37-26(28(21)30)13-17-12-18(32-3)7-10-23(17)33-4/h6-15H,5H2,1-4H3.